The largest absolute Gasteiger partial charge is 0.507 e. The van der Waals surface area contributed by atoms with Gasteiger partial charge in [-0.1, -0.05) is 27.7 Å². The molecule has 0 aliphatic heterocycles. The summed E-state index contributed by atoms with van der Waals surface area (Å²) >= 11 is 0. The van der Waals surface area contributed by atoms with Crippen molar-refractivity contribution in [1.82, 2.24) is 9.80 Å². The zero-order valence-electron chi connectivity index (χ0n) is 23.8. The lowest BCUT2D eigenvalue weighted by atomic mass is 9.52. The van der Waals surface area contributed by atoms with Gasteiger partial charge in [0.15, 0.2) is 34.7 Å². The summed E-state index contributed by atoms with van der Waals surface area (Å²) in [6.45, 7) is 9.62. The lowest BCUT2D eigenvalue weighted by Crippen LogP contribution is -2.74. The summed E-state index contributed by atoms with van der Waals surface area (Å²) in [6.07, 6.45) is -0.232. The van der Waals surface area contributed by atoms with Gasteiger partial charge in [0.05, 0.1) is 17.5 Å². The maximum atomic E-state index is 16.0. The summed E-state index contributed by atoms with van der Waals surface area (Å²) in [5.41, 5.74) is 2.31. The van der Waals surface area contributed by atoms with Gasteiger partial charge in [-0.15, -0.1) is 0 Å². The number of aliphatic hydroxyl groups is 1. The lowest BCUT2D eigenvalue weighted by Gasteiger charge is -2.52. The van der Waals surface area contributed by atoms with E-state index in [-0.39, 0.29) is 41.5 Å². The molecular weight excluding hydrogens is 521 g/mol. The van der Waals surface area contributed by atoms with Crippen molar-refractivity contribution in [1.29, 1.82) is 0 Å². The number of carbonyl (C=O) groups excluding carboxylic acids is 5. The van der Waals surface area contributed by atoms with Crippen molar-refractivity contribution in [2.75, 3.05) is 27.2 Å². The van der Waals surface area contributed by atoms with Gasteiger partial charge in [-0.2, -0.15) is 0 Å². The zero-order chi connectivity index (χ0) is 30.1. The minimum atomic E-state index is -2.81. The Morgan fingerprint density at radius 1 is 1.18 bits per heavy atom. The lowest BCUT2D eigenvalue weighted by molar-refractivity contribution is -0.181. The minimum Gasteiger partial charge on any atom is -0.507 e. The van der Waals surface area contributed by atoms with Gasteiger partial charge in [-0.25, -0.2) is 4.39 Å². The van der Waals surface area contributed by atoms with E-state index >= 15 is 4.39 Å². The monoisotopic (exact) mass is 559 g/mol. The van der Waals surface area contributed by atoms with Crippen LogP contribution < -0.4 is 5.73 Å². The number of rotatable bonds is 6. The molecule has 10 nitrogen and oxygen atoms in total. The predicted octanol–water partition coefficient (Wildman–Crippen LogP) is 0.874. The van der Waals surface area contributed by atoms with E-state index in [9.17, 15) is 34.2 Å². The third-order valence-corrected chi connectivity index (χ3v) is 8.61. The SMILES string of the molecule is CCN(Cc1cc(O)c2c(c1F)CC1CC3C(N(C)C)C(=O)C(C(N)=O)C(=O)C3(O)C(=O)C1C2=O)CC(C)(C)C. The normalized spacial score (nSPS) is 30.4. The van der Waals surface area contributed by atoms with E-state index in [1.807, 2.05) is 11.8 Å². The second-order valence-corrected chi connectivity index (χ2v) is 12.9. The van der Waals surface area contributed by atoms with E-state index in [1.54, 1.807) is 0 Å². The summed E-state index contributed by atoms with van der Waals surface area (Å²) in [7, 11) is 3.02. The molecule has 3 aliphatic carbocycles. The van der Waals surface area contributed by atoms with Crippen LogP contribution in [0.5, 0.6) is 5.75 Å². The quantitative estimate of drug-likeness (QED) is 0.430. The molecule has 4 rings (SSSR count). The number of phenolic OH excluding ortho intramolecular Hbond substituents is 1. The van der Waals surface area contributed by atoms with E-state index in [2.05, 4.69) is 20.8 Å². The van der Waals surface area contributed by atoms with Gasteiger partial charge < -0.3 is 15.9 Å². The topological polar surface area (TPSA) is 158 Å². The number of Topliss-reactive ketones (excluding diaryl/α,β-unsaturated/α-hetero) is 4. The van der Waals surface area contributed by atoms with E-state index in [0.29, 0.717) is 13.1 Å². The van der Waals surface area contributed by atoms with Crippen molar-refractivity contribution in [2.45, 2.75) is 58.7 Å². The molecule has 6 unspecified atom stereocenters. The van der Waals surface area contributed by atoms with Gasteiger partial charge in [0.1, 0.15) is 11.6 Å². The van der Waals surface area contributed by atoms with Crippen LogP contribution in [0.1, 0.15) is 55.6 Å². The number of benzene rings is 1. The van der Waals surface area contributed by atoms with Crippen LogP contribution in [0, 0.1) is 34.9 Å². The first kappa shape index (κ1) is 30.0. The molecule has 40 heavy (non-hydrogen) atoms. The fraction of sp³-hybridized carbons (Fsp3) is 0.621. The van der Waals surface area contributed by atoms with Gasteiger partial charge in [0.25, 0.3) is 0 Å². The number of likely N-dealkylation sites (N-methyl/N-ethyl adjacent to an activating group) is 1. The van der Waals surface area contributed by atoms with Gasteiger partial charge >= 0.3 is 0 Å². The second kappa shape index (κ2) is 10.1. The number of nitrogens with two attached hydrogens (primary N) is 1. The van der Waals surface area contributed by atoms with Crippen LogP contribution in [0.4, 0.5) is 4.39 Å². The molecule has 1 aromatic rings. The van der Waals surface area contributed by atoms with Crippen molar-refractivity contribution >= 4 is 29.0 Å². The highest BCUT2D eigenvalue weighted by atomic mass is 19.1. The van der Waals surface area contributed by atoms with Gasteiger partial charge in [-0.3, -0.25) is 33.8 Å². The van der Waals surface area contributed by atoms with Gasteiger partial charge in [0.2, 0.25) is 5.91 Å². The number of carbonyl (C=O) groups is 5. The van der Waals surface area contributed by atoms with E-state index in [0.717, 1.165) is 0 Å². The summed E-state index contributed by atoms with van der Waals surface area (Å²) in [5.74, 6) is -12.3. The summed E-state index contributed by atoms with van der Waals surface area (Å²) in [6, 6.07) is -0.0141. The molecule has 0 spiro atoms. The molecule has 3 aliphatic rings. The highest BCUT2D eigenvalue weighted by molar-refractivity contribution is 6.32. The molecule has 4 N–H and O–H groups in total. The zero-order valence-corrected chi connectivity index (χ0v) is 23.8. The molecule has 0 radical (unpaired) electrons. The second-order valence-electron chi connectivity index (χ2n) is 12.9. The minimum absolute atomic E-state index is 0.0174. The third-order valence-electron chi connectivity index (χ3n) is 8.61. The average Bonchev–Trinajstić information content (AvgIpc) is 2.82. The summed E-state index contributed by atoms with van der Waals surface area (Å²) in [4.78, 5) is 69.5. The van der Waals surface area contributed by atoms with Crippen molar-refractivity contribution in [3.8, 4) is 5.75 Å². The number of hydrogen-bond acceptors (Lipinski definition) is 9. The summed E-state index contributed by atoms with van der Waals surface area (Å²) < 4.78 is 16.0. The van der Waals surface area contributed by atoms with Crippen LogP contribution in [-0.4, -0.2) is 87.9 Å². The molecular formula is C29H38FN3O7. The molecule has 2 fully saturated rings. The highest BCUT2D eigenvalue weighted by Crippen LogP contribution is 2.51. The van der Waals surface area contributed by atoms with Crippen LogP contribution in [0.2, 0.25) is 0 Å². The molecule has 0 aromatic heterocycles. The molecule has 6 atom stereocenters. The average molecular weight is 560 g/mol. The number of halogens is 1. The Morgan fingerprint density at radius 3 is 2.33 bits per heavy atom. The first-order chi connectivity index (χ1) is 18.4. The van der Waals surface area contributed by atoms with Crippen LogP contribution in [0.15, 0.2) is 6.07 Å². The maximum absolute atomic E-state index is 16.0. The van der Waals surface area contributed by atoms with Crippen molar-refractivity contribution in [3.05, 3.63) is 28.6 Å². The van der Waals surface area contributed by atoms with Crippen LogP contribution in [-0.2, 0) is 32.1 Å². The molecule has 0 bridgehead atoms. The van der Waals surface area contributed by atoms with E-state index in [4.69, 9.17) is 5.73 Å². The Bertz CT molecular complexity index is 1300. The van der Waals surface area contributed by atoms with Gasteiger partial charge in [-0.05, 0) is 50.9 Å². The Balaban J connectivity index is 1.78. The number of primary amides is 1. The Labute approximate surface area is 232 Å². The number of fused-ring (bicyclic) bond motifs is 3. The van der Waals surface area contributed by atoms with Crippen LogP contribution in [0.3, 0.4) is 0 Å². The summed E-state index contributed by atoms with van der Waals surface area (Å²) in [5, 5.41) is 22.5. The number of nitrogens with zero attached hydrogens (tertiary/aromatic N) is 2. The van der Waals surface area contributed by atoms with Crippen LogP contribution in [0.25, 0.3) is 0 Å². The number of hydrogen-bond donors (Lipinski definition) is 3. The standard InChI is InChI=1S/C29H38FN3O7/c1-7-33(12-28(2,3)4)11-14-10-17(34)19-15(21(14)30)8-13-9-16-22(32(5)6)24(36)20(27(31)39)26(38)29(16,40)25(37)18(13)23(19)35/h10,13,16,18,20,22,34,40H,7-9,11-12H2,1-6H3,(H2,31,39). The number of aromatic hydroxyl groups is 1. The van der Waals surface area contributed by atoms with Gasteiger partial charge in [0, 0.05) is 30.1 Å². The molecule has 0 saturated heterocycles. The van der Waals surface area contributed by atoms with Crippen LogP contribution >= 0.6 is 0 Å². The smallest absolute Gasteiger partial charge is 0.235 e. The number of phenols is 1. The number of amides is 1. The predicted molar refractivity (Wildman–Crippen MR) is 142 cm³/mol. The Morgan fingerprint density at radius 2 is 1.80 bits per heavy atom. The van der Waals surface area contributed by atoms with Crippen molar-refractivity contribution < 1.29 is 38.6 Å². The fourth-order valence-electron chi connectivity index (χ4n) is 7.01. The first-order valence-electron chi connectivity index (χ1n) is 13.6. The molecule has 1 aromatic carbocycles. The van der Waals surface area contributed by atoms with E-state index in [1.165, 1.54) is 25.1 Å². The molecule has 218 valence electrons. The van der Waals surface area contributed by atoms with Crippen molar-refractivity contribution in [3.63, 3.8) is 0 Å². The van der Waals surface area contributed by atoms with Crippen molar-refractivity contribution in [2.24, 2.45) is 34.8 Å². The Hall–Kier alpha value is -3.02. The maximum Gasteiger partial charge on any atom is 0.235 e. The molecule has 11 heteroatoms. The third kappa shape index (κ3) is 4.57. The molecule has 1 amide bonds. The fourth-order valence-corrected chi connectivity index (χ4v) is 7.01. The Kier molecular flexibility index (Phi) is 7.57. The highest BCUT2D eigenvalue weighted by Gasteiger charge is 2.69. The number of ketones is 4. The van der Waals surface area contributed by atoms with E-state index < -0.39 is 75.9 Å². The first-order valence-corrected chi connectivity index (χ1v) is 13.6. The molecule has 0 heterocycles. The molecule has 2 saturated carbocycles.